The van der Waals surface area contributed by atoms with Crippen LogP contribution in [-0.2, 0) is 4.79 Å². The lowest BCUT2D eigenvalue weighted by Crippen LogP contribution is -2.33. The van der Waals surface area contributed by atoms with Crippen molar-refractivity contribution in [3.8, 4) is 0 Å². The number of rotatable bonds is 5. The second kappa shape index (κ2) is 6.80. The molecule has 0 fully saturated rings. The van der Waals surface area contributed by atoms with Crippen molar-refractivity contribution in [1.82, 2.24) is 0 Å². The molecule has 0 heterocycles. The van der Waals surface area contributed by atoms with Crippen molar-refractivity contribution in [3.05, 3.63) is 65.7 Å². The van der Waals surface area contributed by atoms with Gasteiger partial charge in [-0.1, -0.05) is 18.2 Å². The van der Waals surface area contributed by atoms with Crippen LogP contribution >= 0.6 is 0 Å². The highest BCUT2D eigenvalue weighted by Gasteiger charge is 2.19. The SMILES string of the molecule is O=C(O)CCN(C(=O)c1ccccc1)c1ccc(F)c(F)c1. The van der Waals surface area contributed by atoms with E-state index in [-0.39, 0.29) is 18.7 Å². The van der Waals surface area contributed by atoms with Crippen LogP contribution in [0.1, 0.15) is 16.8 Å². The summed E-state index contributed by atoms with van der Waals surface area (Å²) in [6.45, 7) is -0.145. The molecule has 1 amide bonds. The molecule has 0 radical (unpaired) electrons. The third kappa shape index (κ3) is 3.66. The zero-order chi connectivity index (χ0) is 16.1. The minimum atomic E-state index is -1.10. The van der Waals surface area contributed by atoms with E-state index in [1.54, 1.807) is 30.3 Å². The van der Waals surface area contributed by atoms with E-state index in [0.717, 1.165) is 17.0 Å². The summed E-state index contributed by atoms with van der Waals surface area (Å²) in [5.41, 5.74) is 0.437. The van der Waals surface area contributed by atoms with Gasteiger partial charge >= 0.3 is 5.97 Å². The van der Waals surface area contributed by atoms with Gasteiger partial charge in [-0.05, 0) is 24.3 Å². The third-order valence-corrected chi connectivity index (χ3v) is 3.03. The topological polar surface area (TPSA) is 57.6 Å². The van der Waals surface area contributed by atoms with Crippen molar-refractivity contribution < 1.29 is 23.5 Å². The van der Waals surface area contributed by atoms with E-state index in [1.165, 1.54) is 6.07 Å². The summed E-state index contributed by atoms with van der Waals surface area (Å²) in [6.07, 6.45) is -0.308. The molecule has 0 atom stereocenters. The Hall–Kier alpha value is -2.76. The van der Waals surface area contributed by atoms with Gasteiger partial charge in [-0.3, -0.25) is 9.59 Å². The zero-order valence-corrected chi connectivity index (χ0v) is 11.5. The fourth-order valence-electron chi connectivity index (χ4n) is 1.94. The maximum absolute atomic E-state index is 13.4. The first-order chi connectivity index (χ1) is 10.5. The molecule has 22 heavy (non-hydrogen) atoms. The van der Waals surface area contributed by atoms with E-state index in [1.807, 2.05) is 0 Å². The highest BCUT2D eigenvalue weighted by molar-refractivity contribution is 6.06. The molecule has 0 aliphatic rings. The molecule has 0 saturated carbocycles. The van der Waals surface area contributed by atoms with Crippen LogP contribution < -0.4 is 4.90 Å². The first kappa shape index (κ1) is 15.6. The van der Waals surface area contributed by atoms with Crippen LogP contribution in [0.15, 0.2) is 48.5 Å². The second-order valence-corrected chi connectivity index (χ2v) is 4.56. The van der Waals surface area contributed by atoms with Gasteiger partial charge in [-0.25, -0.2) is 8.78 Å². The highest BCUT2D eigenvalue weighted by atomic mass is 19.2. The van der Waals surface area contributed by atoms with E-state index >= 15 is 0 Å². The van der Waals surface area contributed by atoms with Gasteiger partial charge in [0.25, 0.3) is 5.91 Å². The molecule has 0 bridgehead atoms. The van der Waals surface area contributed by atoms with Gasteiger partial charge < -0.3 is 10.0 Å². The van der Waals surface area contributed by atoms with Crippen molar-refractivity contribution in [2.45, 2.75) is 6.42 Å². The summed E-state index contributed by atoms with van der Waals surface area (Å²) in [6, 6.07) is 11.2. The van der Waals surface area contributed by atoms with Gasteiger partial charge in [0.15, 0.2) is 11.6 Å². The van der Waals surface area contributed by atoms with Crippen LogP contribution in [0.4, 0.5) is 14.5 Å². The molecule has 2 aromatic carbocycles. The number of anilines is 1. The number of carbonyl (C=O) groups is 2. The van der Waals surface area contributed by atoms with E-state index in [2.05, 4.69) is 0 Å². The summed E-state index contributed by atoms with van der Waals surface area (Å²) >= 11 is 0. The summed E-state index contributed by atoms with van der Waals surface area (Å²) in [5.74, 6) is -3.70. The van der Waals surface area contributed by atoms with Gasteiger partial charge in [0.05, 0.1) is 6.42 Å². The van der Waals surface area contributed by atoms with Crippen LogP contribution in [0.2, 0.25) is 0 Å². The lowest BCUT2D eigenvalue weighted by molar-refractivity contribution is -0.136. The summed E-state index contributed by atoms with van der Waals surface area (Å²) in [5, 5.41) is 8.79. The second-order valence-electron chi connectivity index (χ2n) is 4.56. The molecule has 114 valence electrons. The van der Waals surface area contributed by atoms with Gasteiger partial charge in [-0.15, -0.1) is 0 Å². The number of hydrogen-bond acceptors (Lipinski definition) is 2. The number of amides is 1. The minimum absolute atomic E-state index is 0.106. The molecule has 0 unspecified atom stereocenters. The van der Waals surface area contributed by atoms with Crippen molar-refractivity contribution in [3.63, 3.8) is 0 Å². The maximum atomic E-state index is 13.4. The molecule has 0 aliphatic carbocycles. The Balaban J connectivity index is 2.35. The monoisotopic (exact) mass is 305 g/mol. The molecule has 1 N–H and O–H groups in total. The number of carboxylic acid groups (broad SMARTS) is 1. The van der Waals surface area contributed by atoms with E-state index in [9.17, 15) is 18.4 Å². The molecule has 6 heteroatoms. The number of carbonyl (C=O) groups excluding carboxylic acids is 1. The largest absolute Gasteiger partial charge is 0.481 e. The minimum Gasteiger partial charge on any atom is -0.481 e. The van der Waals surface area contributed by atoms with Crippen molar-refractivity contribution in [1.29, 1.82) is 0 Å². The Labute approximate surface area is 125 Å². The van der Waals surface area contributed by atoms with E-state index in [0.29, 0.717) is 5.56 Å². The first-order valence-corrected chi connectivity index (χ1v) is 6.53. The van der Waals surface area contributed by atoms with Crippen LogP contribution in [0.5, 0.6) is 0 Å². The average Bonchev–Trinajstić information content (AvgIpc) is 2.51. The van der Waals surface area contributed by atoms with Crippen molar-refractivity contribution in [2.75, 3.05) is 11.4 Å². The number of aliphatic carboxylic acids is 1. The molecule has 2 rings (SSSR count). The number of hydrogen-bond donors (Lipinski definition) is 1. The van der Waals surface area contributed by atoms with Gasteiger partial charge in [0.2, 0.25) is 0 Å². The molecular formula is C16H13F2NO3. The normalized spacial score (nSPS) is 10.3. The molecule has 2 aromatic rings. The fourth-order valence-corrected chi connectivity index (χ4v) is 1.94. The third-order valence-electron chi connectivity index (χ3n) is 3.03. The van der Waals surface area contributed by atoms with Crippen LogP contribution in [0.3, 0.4) is 0 Å². The number of carboxylic acids is 1. The molecule has 0 spiro atoms. The molecule has 4 nitrogen and oxygen atoms in total. The van der Waals surface area contributed by atoms with Gasteiger partial charge in [0.1, 0.15) is 0 Å². The Bertz CT molecular complexity index is 689. The Morgan fingerprint density at radius 2 is 1.68 bits per heavy atom. The van der Waals surface area contributed by atoms with Crippen molar-refractivity contribution >= 4 is 17.6 Å². The average molecular weight is 305 g/mol. The van der Waals surface area contributed by atoms with Gasteiger partial charge in [-0.2, -0.15) is 0 Å². The van der Waals surface area contributed by atoms with Crippen LogP contribution in [0, 0.1) is 11.6 Å². The van der Waals surface area contributed by atoms with Crippen LogP contribution in [-0.4, -0.2) is 23.5 Å². The fraction of sp³-hybridized carbons (Fsp3) is 0.125. The predicted octanol–water partition coefficient (Wildman–Crippen LogP) is 3.09. The quantitative estimate of drug-likeness (QED) is 0.923. The molecule has 0 saturated heterocycles. The zero-order valence-electron chi connectivity index (χ0n) is 11.5. The predicted molar refractivity (Wildman–Crippen MR) is 76.7 cm³/mol. The standard InChI is InChI=1S/C16H13F2NO3/c17-13-7-6-12(10-14(13)18)19(9-8-15(20)21)16(22)11-4-2-1-3-5-11/h1-7,10H,8-9H2,(H,20,21). The first-order valence-electron chi connectivity index (χ1n) is 6.53. The van der Waals surface area contributed by atoms with Gasteiger partial charge in [0, 0.05) is 23.9 Å². The number of benzene rings is 2. The Morgan fingerprint density at radius 3 is 2.27 bits per heavy atom. The van der Waals surface area contributed by atoms with E-state index in [4.69, 9.17) is 5.11 Å². The summed E-state index contributed by atoms with van der Waals surface area (Å²) < 4.78 is 26.4. The van der Waals surface area contributed by atoms with Crippen LogP contribution in [0.25, 0.3) is 0 Å². The number of halogens is 2. The number of nitrogens with zero attached hydrogens (tertiary/aromatic N) is 1. The maximum Gasteiger partial charge on any atom is 0.305 e. The van der Waals surface area contributed by atoms with Crippen molar-refractivity contribution in [2.24, 2.45) is 0 Å². The molecule has 0 aliphatic heterocycles. The highest BCUT2D eigenvalue weighted by Crippen LogP contribution is 2.20. The van der Waals surface area contributed by atoms with E-state index < -0.39 is 23.5 Å². The Kier molecular flexibility index (Phi) is 4.83. The molecular weight excluding hydrogens is 292 g/mol. The Morgan fingerprint density at radius 1 is 1.00 bits per heavy atom. The summed E-state index contributed by atoms with van der Waals surface area (Å²) in [7, 11) is 0. The smallest absolute Gasteiger partial charge is 0.305 e. The molecule has 0 aromatic heterocycles. The lowest BCUT2D eigenvalue weighted by Gasteiger charge is -2.22. The lowest BCUT2D eigenvalue weighted by atomic mass is 10.1. The summed E-state index contributed by atoms with van der Waals surface area (Å²) in [4.78, 5) is 24.3.